The molecule has 0 aromatic heterocycles. The van der Waals surface area contributed by atoms with Crippen LogP contribution in [0.2, 0.25) is 0 Å². The van der Waals surface area contributed by atoms with Gasteiger partial charge in [0.2, 0.25) is 5.91 Å². The largest absolute Gasteiger partial charge is 0.326 e. The number of carbonyl (C=O) groups excluding carboxylic acids is 1. The maximum atomic E-state index is 12.3. The summed E-state index contributed by atoms with van der Waals surface area (Å²) in [5, 5.41) is 3.41. The van der Waals surface area contributed by atoms with E-state index in [2.05, 4.69) is 46.9 Å². The molecular weight excluding hydrogens is 212 g/mol. The first-order valence-corrected chi connectivity index (χ1v) is 6.89. The standard InChI is InChI=1S/C14H28N2O/c1-9(2)7-13-14(17)16(12(6)15-13)8-11(5)10(3)4/h9-13,15H,7-8H2,1-6H3. The lowest BCUT2D eigenvalue weighted by atomic mass is 9.97. The Hall–Kier alpha value is -0.570. The fourth-order valence-corrected chi connectivity index (χ4v) is 2.25. The van der Waals surface area contributed by atoms with Crippen LogP contribution in [0.15, 0.2) is 0 Å². The van der Waals surface area contributed by atoms with Gasteiger partial charge in [-0.2, -0.15) is 0 Å². The van der Waals surface area contributed by atoms with Crippen LogP contribution in [0.25, 0.3) is 0 Å². The predicted molar refractivity (Wildman–Crippen MR) is 71.6 cm³/mol. The van der Waals surface area contributed by atoms with Gasteiger partial charge in [0.15, 0.2) is 0 Å². The fraction of sp³-hybridized carbons (Fsp3) is 0.929. The van der Waals surface area contributed by atoms with Gasteiger partial charge < -0.3 is 4.90 Å². The zero-order chi connectivity index (χ0) is 13.2. The van der Waals surface area contributed by atoms with Crippen molar-refractivity contribution >= 4 is 5.91 Å². The molecule has 17 heavy (non-hydrogen) atoms. The van der Waals surface area contributed by atoms with Gasteiger partial charge in [0.1, 0.15) is 0 Å². The van der Waals surface area contributed by atoms with Gasteiger partial charge in [-0.1, -0.05) is 34.6 Å². The molecule has 0 radical (unpaired) electrons. The Kier molecular flexibility index (Phi) is 4.99. The summed E-state index contributed by atoms with van der Waals surface area (Å²) in [4.78, 5) is 14.3. The van der Waals surface area contributed by atoms with E-state index < -0.39 is 0 Å². The number of rotatable bonds is 5. The second-order valence-electron chi connectivity index (χ2n) is 6.24. The molecule has 0 aromatic rings. The molecule has 0 spiro atoms. The highest BCUT2D eigenvalue weighted by atomic mass is 16.2. The summed E-state index contributed by atoms with van der Waals surface area (Å²) in [6.45, 7) is 14.0. The summed E-state index contributed by atoms with van der Waals surface area (Å²) in [7, 11) is 0. The molecule has 1 aliphatic heterocycles. The Morgan fingerprint density at radius 3 is 2.29 bits per heavy atom. The summed E-state index contributed by atoms with van der Waals surface area (Å²) in [6.07, 6.45) is 1.13. The summed E-state index contributed by atoms with van der Waals surface area (Å²) >= 11 is 0. The van der Waals surface area contributed by atoms with E-state index in [9.17, 15) is 4.79 Å². The second-order valence-corrected chi connectivity index (χ2v) is 6.24. The lowest BCUT2D eigenvalue weighted by Gasteiger charge is -2.26. The van der Waals surface area contributed by atoms with Crippen LogP contribution in [-0.2, 0) is 4.79 Å². The molecule has 1 amide bonds. The summed E-state index contributed by atoms with van der Waals surface area (Å²) < 4.78 is 0. The quantitative estimate of drug-likeness (QED) is 0.800. The summed E-state index contributed by atoms with van der Waals surface area (Å²) in [5.74, 6) is 2.03. The second kappa shape index (κ2) is 5.85. The van der Waals surface area contributed by atoms with E-state index in [4.69, 9.17) is 0 Å². The third-order valence-corrected chi connectivity index (χ3v) is 3.82. The van der Waals surface area contributed by atoms with Gasteiger partial charge in [-0.05, 0) is 31.1 Å². The molecule has 0 saturated carbocycles. The van der Waals surface area contributed by atoms with Crippen molar-refractivity contribution in [2.24, 2.45) is 17.8 Å². The lowest BCUT2D eigenvalue weighted by molar-refractivity contribution is -0.130. The van der Waals surface area contributed by atoms with Gasteiger partial charge in [-0.25, -0.2) is 0 Å². The van der Waals surface area contributed by atoms with Crippen molar-refractivity contribution in [1.29, 1.82) is 0 Å². The van der Waals surface area contributed by atoms with Crippen molar-refractivity contribution in [2.75, 3.05) is 6.54 Å². The third kappa shape index (κ3) is 3.70. The van der Waals surface area contributed by atoms with Crippen molar-refractivity contribution in [3.8, 4) is 0 Å². The van der Waals surface area contributed by atoms with E-state index in [1.54, 1.807) is 0 Å². The number of nitrogens with zero attached hydrogens (tertiary/aromatic N) is 1. The monoisotopic (exact) mass is 240 g/mol. The molecule has 1 heterocycles. The first-order chi connectivity index (χ1) is 7.82. The van der Waals surface area contributed by atoms with Crippen LogP contribution in [-0.4, -0.2) is 29.6 Å². The Morgan fingerprint density at radius 1 is 1.24 bits per heavy atom. The molecule has 0 aromatic carbocycles. The Labute approximate surface area is 106 Å². The highest BCUT2D eigenvalue weighted by Crippen LogP contribution is 2.20. The van der Waals surface area contributed by atoms with Gasteiger partial charge in [-0.15, -0.1) is 0 Å². The van der Waals surface area contributed by atoms with Crippen LogP contribution in [0.1, 0.15) is 48.0 Å². The van der Waals surface area contributed by atoms with Crippen LogP contribution >= 0.6 is 0 Å². The molecule has 3 atom stereocenters. The normalized spacial score (nSPS) is 27.3. The minimum absolute atomic E-state index is 0.0318. The average molecular weight is 240 g/mol. The molecule has 1 fully saturated rings. The van der Waals surface area contributed by atoms with E-state index in [0.29, 0.717) is 23.7 Å². The fourth-order valence-electron chi connectivity index (χ4n) is 2.25. The van der Waals surface area contributed by atoms with Crippen molar-refractivity contribution in [2.45, 2.75) is 60.2 Å². The molecule has 3 unspecified atom stereocenters. The van der Waals surface area contributed by atoms with Crippen LogP contribution < -0.4 is 5.32 Å². The number of amides is 1. The highest BCUT2D eigenvalue weighted by molar-refractivity contribution is 5.84. The minimum atomic E-state index is 0.0318. The summed E-state index contributed by atoms with van der Waals surface area (Å²) in [5.41, 5.74) is 0. The number of carbonyl (C=O) groups is 1. The smallest absolute Gasteiger partial charge is 0.241 e. The molecule has 3 nitrogen and oxygen atoms in total. The zero-order valence-corrected chi connectivity index (χ0v) is 12.2. The maximum Gasteiger partial charge on any atom is 0.241 e. The first kappa shape index (κ1) is 14.5. The SMILES string of the molecule is CC(C)CC1NC(C)N(CC(C)C(C)C)C1=O. The van der Waals surface area contributed by atoms with Gasteiger partial charge in [0.25, 0.3) is 0 Å². The zero-order valence-electron chi connectivity index (χ0n) is 12.2. The molecule has 1 N–H and O–H groups in total. The van der Waals surface area contributed by atoms with E-state index in [-0.39, 0.29) is 12.2 Å². The third-order valence-electron chi connectivity index (χ3n) is 3.82. The topological polar surface area (TPSA) is 32.3 Å². The lowest BCUT2D eigenvalue weighted by Crippen LogP contribution is -2.38. The van der Waals surface area contributed by atoms with Crippen molar-refractivity contribution in [3.63, 3.8) is 0 Å². The molecule has 1 saturated heterocycles. The Bertz CT molecular complexity index is 263. The molecule has 1 rings (SSSR count). The highest BCUT2D eigenvalue weighted by Gasteiger charge is 2.37. The van der Waals surface area contributed by atoms with Crippen LogP contribution in [0.5, 0.6) is 0 Å². The van der Waals surface area contributed by atoms with Crippen molar-refractivity contribution in [1.82, 2.24) is 10.2 Å². The van der Waals surface area contributed by atoms with Crippen LogP contribution in [0.4, 0.5) is 0 Å². The van der Waals surface area contributed by atoms with E-state index in [0.717, 1.165) is 13.0 Å². The molecule has 0 bridgehead atoms. The minimum Gasteiger partial charge on any atom is -0.326 e. The van der Waals surface area contributed by atoms with Gasteiger partial charge in [0, 0.05) is 6.54 Å². The van der Waals surface area contributed by atoms with Crippen molar-refractivity contribution < 1.29 is 4.79 Å². The first-order valence-electron chi connectivity index (χ1n) is 6.89. The number of nitrogens with one attached hydrogen (secondary N) is 1. The Morgan fingerprint density at radius 2 is 1.82 bits per heavy atom. The van der Waals surface area contributed by atoms with Crippen LogP contribution in [0.3, 0.4) is 0 Å². The molecule has 0 aliphatic carbocycles. The Balaban J connectivity index is 2.59. The average Bonchev–Trinajstić information content (AvgIpc) is 2.44. The maximum absolute atomic E-state index is 12.3. The number of hydrogen-bond donors (Lipinski definition) is 1. The van der Waals surface area contributed by atoms with Gasteiger partial charge >= 0.3 is 0 Å². The van der Waals surface area contributed by atoms with Crippen molar-refractivity contribution in [3.05, 3.63) is 0 Å². The molecular formula is C14H28N2O. The summed E-state index contributed by atoms with van der Waals surface area (Å²) in [6, 6.07) is 0.0318. The van der Waals surface area contributed by atoms with E-state index in [1.165, 1.54) is 0 Å². The molecule has 100 valence electrons. The molecule has 3 heteroatoms. The van der Waals surface area contributed by atoms with Crippen LogP contribution in [0, 0.1) is 17.8 Å². The predicted octanol–water partition coefficient (Wildman–Crippen LogP) is 2.47. The van der Waals surface area contributed by atoms with E-state index in [1.807, 2.05) is 4.90 Å². The molecule has 1 aliphatic rings. The van der Waals surface area contributed by atoms with Gasteiger partial charge in [-0.3, -0.25) is 10.1 Å². The van der Waals surface area contributed by atoms with Gasteiger partial charge in [0.05, 0.1) is 12.2 Å². The number of hydrogen-bond acceptors (Lipinski definition) is 2. The van der Waals surface area contributed by atoms with E-state index >= 15 is 0 Å².